The molecule has 2 aromatic rings. The number of carbonyl (C=O) groups excluding carboxylic acids is 1. The summed E-state index contributed by atoms with van der Waals surface area (Å²) in [4.78, 5) is 20.2. The van der Waals surface area contributed by atoms with Gasteiger partial charge in [-0.2, -0.15) is 4.98 Å². The molecule has 0 aliphatic rings. The Bertz CT molecular complexity index is 587. The monoisotopic (exact) mass is 247 g/mol. The molecule has 0 aromatic carbocycles. The van der Waals surface area contributed by atoms with Crippen LogP contribution in [0.3, 0.4) is 0 Å². The second kappa shape index (κ2) is 4.36. The van der Waals surface area contributed by atoms with Crippen molar-refractivity contribution in [3.05, 3.63) is 23.8 Å². The second-order valence-corrected chi connectivity index (χ2v) is 4.92. The van der Waals surface area contributed by atoms with Crippen LogP contribution in [0, 0.1) is 6.92 Å². The lowest BCUT2D eigenvalue weighted by atomic mass is 10.0. The molecule has 2 rings (SSSR count). The molecule has 6 heteroatoms. The minimum atomic E-state index is -0.272. The Morgan fingerprint density at radius 2 is 2.22 bits per heavy atom. The highest BCUT2D eigenvalue weighted by molar-refractivity contribution is 5.91. The standard InChI is InChI=1S/C12H17N5O/c1-5-12(3,4)15-10(18)9-14-11-13-7-6-8(2)17(11)16-9/h6-7H,5H2,1-4H3,(H,15,18). The van der Waals surface area contributed by atoms with Crippen molar-refractivity contribution in [1.82, 2.24) is 24.9 Å². The normalized spacial score (nSPS) is 11.8. The van der Waals surface area contributed by atoms with Gasteiger partial charge in [0.05, 0.1) is 0 Å². The smallest absolute Gasteiger partial charge is 0.291 e. The van der Waals surface area contributed by atoms with Crippen molar-refractivity contribution < 1.29 is 4.79 Å². The molecule has 18 heavy (non-hydrogen) atoms. The van der Waals surface area contributed by atoms with Gasteiger partial charge in [-0.15, -0.1) is 5.10 Å². The van der Waals surface area contributed by atoms with Gasteiger partial charge in [-0.3, -0.25) is 4.79 Å². The number of hydrogen-bond donors (Lipinski definition) is 1. The van der Waals surface area contributed by atoms with Crippen LogP contribution < -0.4 is 5.32 Å². The van der Waals surface area contributed by atoms with Gasteiger partial charge in [0.1, 0.15) is 0 Å². The number of fused-ring (bicyclic) bond motifs is 1. The fourth-order valence-electron chi connectivity index (χ4n) is 1.45. The van der Waals surface area contributed by atoms with Crippen LogP contribution >= 0.6 is 0 Å². The van der Waals surface area contributed by atoms with Crippen LogP contribution in [0.15, 0.2) is 12.3 Å². The third-order valence-corrected chi connectivity index (χ3v) is 2.97. The van der Waals surface area contributed by atoms with E-state index in [1.807, 2.05) is 33.8 Å². The third kappa shape index (κ3) is 2.32. The number of aryl methyl sites for hydroxylation is 1. The molecule has 0 saturated heterocycles. The summed E-state index contributed by atoms with van der Waals surface area (Å²) in [5, 5.41) is 7.06. The number of aromatic nitrogens is 4. The molecule has 0 unspecified atom stereocenters. The molecule has 0 bridgehead atoms. The van der Waals surface area contributed by atoms with Crippen molar-refractivity contribution in [3.8, 4) is 0 Å². The zero-order valence-electron chi connectivity index (χ0n) is 11.1. The van der Waals surface area contributed by atoms with Gasteiger partial charge in [-0.1, -0.05) is 6.92 Å². The van der Waals surface area contributed by atoms with Crippen molar-refractivity contribution in [2.45, 2.75) is 39.7 Å². The number of nitrogens with zero attached hydrogens (tertiary/aromatic N) is 4. The summed E-state index contributed by atoms with van der Waals surface area (Å²) in [6.45, 7) is 7.83. The molecule has 6 nitrogen and oxygen atoms in total. The van der Waals surface area contributed by atoms with Gasteiger partial charge >= 0.3 is 0 Å². The SMILES string of the molecule is CCC(C)(C)NC(=O)c1nc2nccc(C)n2n1. The Morgan fingerprint density at radius 1 is 1.50 bits per heavy atom. The number of rotatable bonds is 3. The second-order valence-electron chi connectivity index (χ2n) is 4.92. The molecule has 0 aliphatic carbocycles. The first-order valence-electron chi connectivity index (χ1n) is 5.94. The Labute approximate surface area is 105 Å². The van der Waals surface area contributed by atoms with Crippen molar-refractivity contribution in [3.63, 3.8) is 0 Å². The molecule has 0 spiro atoms. The van der Waals surface area contributed by atoms with Crippen LogP contribution in [0.5, 0.6) is 0 Å². The molecule has 0 aliphatic heterocycles. The Balaban J connectivity index is 2.32. The minimum Gasteiger partial charge on any atom is -0.344 e. The molecule has 1 N–H and O–H groups in total. The zero-order chi connectivity index (χ0) is 13.3. The molecule has 0 fully saturated rings. The van der Waals surface area contributed by atoms with Gasteiger partial charge in [0, 0.05) is 17.4 Å². The molecule has 2 aromatic heterocycles. The molecular weight excluding hydrogens is 230 g/mol. The van der Waals surface area contributed by atoms with Crippen molar-refractivity contribution in [1.29, 1.82) is 0 Å². The number of hydrogen-bond acceptors (Lipinski definition) is 4. The fourth-order valence-corrected chi connectivity index (χ4v) is 1.45. The van der Waals surface area contributed by atoms with Crippen LogP contribution in [0.4, 0.5) is 0 Å². The molecule has 96 valence electrons. The molecule has 0 atom stereocenters. The maximum Gasteiger partial charge on any atom is 0.291 e. The number of nitrogens with one attached hydrogen (secondary N) is 1. The summed E-state index contributed by atoms with van der Waals surface area (Å²) < 4.78 is 1.56. The van der Waals surface area contributed by atoms with E-state index in [4.69, 9.17) is 0 Å². The highest BCUT2D eigenvalue weighted by Crippen LogP contribution is 2.08. The molecule has 0 saturated carbocycles. The van der Waals surface area contributed by atoms with Gasteiger partial charge in [-0.25, -0.2) is 9.50 Å². The molecular formula is C12H17N5O. The van der Waals surface area contributed by atoms with E-state index in [1.54, 1.807) is 10.7 Å². The average Bonchev–Trinajstić information content (AvgIpc) is 2.74. The maximum absolute atomic E-state index is 12.0. The lowest BCUT2D eigenvalue weighted by Gasteiger charge is -2.23. The average molecular weight is 247 g/mol. The lowest BCUT2D eigenvalue weighted by molar-refractivity contribution is 0.0900. The van der Waals surface area contributed by atoms with Gasteiger partial charge in [0.15, 0.2) is 0 Å². The van der Waals surface area contributed by atoms with Crippen LogP contribution in [0.2, 0.25) is 0 Å². The van der Waals surface area contributed by atoms with E-state index < -0.39 is 0 Å². The highest BCUT2D eigenvalue weighted by Gasteiger charge is 2.22. The maximum atomic E-state index is 12.0. The third-order valence-electron chi connectivity index (χ3n) is 2.97. The first kappa shape index (κ1) is 12.5. The van der Waals surface area contributed by atoms with Gasteiger partial charge in [-0.05, 0) is 33.3 Å². The summed E-state index contributed by atoms with van der Waals surface area (Å²) >= 11 is 0. The summed E-state index contributed by atoms with van der Waals surface area (Å²) in [5.41, 5.74) is 0.623. The van der Waals surface area contributed by atoms with Crippen LogP contribution in [0.1, 0.15) is 43.5 Å². The summed E-state index contributed by atoms with van der Waals surface area (Å²) in [5.74, 6) is 0.319. The quantitative estimate of drug-likeness (QED) is 0.888. The Kier molecular flexibility index (Phi) is 3.02. The van der Waals surface area contributed by atoms with Gasteiger partial charge in [0.25, 0.3) is 11.7 Å². The van der Waals surface area contributed by atoms with Crippen LogP contribution in [-0.4, -0.2) is 31.0 Å². The minimum absolute atomic E-state index is 0.151. The molecule has 1 amide bonds. The van der Waals surface area contributed by atoms with Crippen molar-refractivity contribution in [2.75, 3.05) is 0 Å². The fraction of sp³-hybridized carbons (Fsp3) is 0.500. The topological polar surface area (TPSA) is 72.2 Å². The Morgan fingerprint density at radius 3 is 2.83 bits per heavy atom. The van der Waals surface area contributed by atoms with Gasteiger partial charge in [0.2, 0.25) is 5.82 Å². The van der Waals surface area contributed by atoms with E-state index in [9.17, 15) is 4.79 Å². The van der Waals surface area contributed by atoms with E-state index in [0.717, 1.165) is 12.1 Å². The first-order valence-corrected chi connectivity index (χ1v) is 5.94. The van der Waals surface area contributed by atoms with Crippen molar-refractivity contribution in [2.24, 2.45) is 0 Å². The van der Waals surface area contributed by atoms with Crippen molar-refractivity contribution >= 4 is 11.7 Å². The summed E-state index contributed by atoms with van der Waals surface area (Å²) in [6, 6.07) is 1.82. The van der Waals surface area contributed by atoms with E-state index in [-0.39, 0.29) is 17.3 Å². The number of amides is 1. The highest BCUT2D eigenvalue weighted by atomic mass is 16.2. The molecule has 2 heterocycles. The van der Waals surface area contributed by atoms with E-state index in [1.165, 1.54) is 0 Å². The van der Waals surface area contributed by atoms with E-state index in [0.29, 0.717) is 5.78 Å². The summed E-state index contributed by atoms with van der Waals surface area (Å²) in [7, 11) is 0. The zero-order valence-corrected chi connectivity index (χ0v) is 11.1. The predicted octanol–water partition coefficient (Wildman–Crippen LogP) is 1.35. The largest absolute Gasteiger partial charge is 0.344 e. The van der Waals surface area contributed by atoms with Crippen LogP contribution in [0.25, 0.3) is 5.78 Å². The van der Waals surface area contributed by atoms with E-state index >= 15 is 0 Å². The Hall–Kier alpha value is -1.98. The molecule has 0 radical (unpaired) electrons. The summed E-state index contributed by atoms with van der Waals surface area (Å²) in [6.07, 6.45) is 2.49. The van der Waals surface area contributed by atoms with Gasteiger partial charge < -0.3 is 5.32 Å². The predicted molar refractivity (Wildman–Crippen MR) is 67.4 cm³/mol. The number of carbonyl (C=O) groups is 1. The van der Waals surface area contributed by atoms with Crippen LogP contribution in [-0.2, 0) is 0 Å². The first-order chi connectivity index (χ1) is 8.43. The van der Waals surface area contributed by atoms with E-state index in [2.05, 4.69) is 20.4 Å². The lowest BCUT2D eigenvalue weighted by Crippen LogP contribution is -2.43.